The number of Topliss-reactive ketones (excluding diaryl/α,β-unsaturated/α-hetero) is 1. The number of aromatic nitrogens is 3. The Morgan fingerprint density at radius 3 is 2.79 bits per heavy atom. The number of nitrogens with one attached hydrogen (secondary N) is 2. The van der Waals surface area contributed by atoms with Crippen LogP contribution in [0.4, 0.5) is 5.69 Å². The number of nitrogens with two attached hydrogens (primary N) is 1. The molecular formula is C26H33N7O8P+. The third-order valence-electron chi connectivity index (χ3n) is 6.22. The molecule has 42 heavy (non-hydrogen) atoms. The monoisotopic (exact) mass is 602 g/mol. The zero-order chi connectivity index (χ0) is 30.3. The van der Waals surface area contributed by atoms with Crippen molar-refractivity contribution in [1.82, 2.24) is 19.6 Å². The molecule has 2 unspecified atom stereocenters. The van der Waals surface area contributed by atoms with Crippen LogP contribution in [0.5, 0.6) is 5.75 Å². The Labute approximate surface area is 241 Å². The summed E-state index contributed by atoms with van der Waals surface area (Å²) in [7, 11) is -4.35. The van der Waals surface area contributed by atoms with Crippen molar-refractivity contribution in [3.8, 4) is 5.75 Å². The molecule has 3 heterocycles. The van der Waals surface area contributed by atoms with Crippen molar-refractivity contribution < 1.29 is 42.6 Å². The minimum Gasteiger partial charge on any atom is -0.462 e. The number of anilines is 1. The maximum atomic E-state index is 14.1. The minimum absolute atomic E-state index is 0.142. The molecule has 0 saturated carbocycles. The van der Waals surface area contributed by atoms with Crippen LogP contribution in [0.15, 0.2) is 48.9 Å². The zero-order valence-corrected chi connectivity index (χ0v) is 23.9. The number of fused-ring (bicyclic) bond motifs is 1. The first-order valence-corrected chi connectivity index (χ1v) is 14.7. The number of hydrogen-bond donors (Lipinski definition) is 4. The molecular weight excluding hydrogens is 569 g/mol. The highest BCUT2D eigenvalue weighted by atomic mass is 31.2. The predicted octanol–water partition coefficient (Wildman–Crippen LogP) is 2.43. The zero-order valence-electron chi connectivity index (χ0n) is 23.0. The molecule has 1 aliphatic heterocycles. The number of pyridine rings is 1. The maximum absolute atomic E-state index is 14.1. The van der Waals surface area contributed by atoms with Crippen LogP contribution in [0, 0.1) is 5.53 Å². The molecule has 1 fully saturated rings. The third-order valence-corrected chi connectivity index (χ3v) is 7.79. The van der Waals surface area contributed by atoms with Gasteiger partial charge < -0.3 is 24.8 Å². The van der Waals surface area contributed by atoms with Gasteiger partial charge in [0.1, 0.15) is 29.6 Å². The fourth-order valence-electron chi connectivity index (χ4n) is 4.25. The predicted molar refractivity (Wildman–Crippen MR) is 149 cm³/mol. The molecule has 5 atom stereocenters. The van der Waals surface area contributed by atoms with Crippen molar-refractivity contribution in [2.45, 2.75) is 63.7 Å². The van der Waals surface area contributed by atoms with E-state index in [2.05, 4.69) is 19.8 Å². The first-order chi connectivity index (χ1) is 20.1. The Hall–Kier alpha value is -3.97. The number of carbonyl (C=O) groups excluding carboxylic acids is 2. The van der Waals surface area contributed by atoms with E-state index in [0.29, 0.717) is 16.9 Å². The van der Waals surface area contributed by atoms with Crippen molar-refractivity contribution in [1.29, 1.82) is 5.53 Å². The quantitative estimate of drug-likeness (QED) is 0.0688. The standard InChI is InChI=1S/C26H32N7O8P/c1-16(2)39-26(36)20(9-8-17(34)13-31-28)32-42(37,41-18-6-4-3-5-7-18)38-14-22-21(35)12-23(40-22)33-15-30-24-19(27)10-11-29-25(24)33/h3-7,10-11,13,15-16,20-23,27,35H,8-9,12,14H2,1-2H3,(H2-,28,32,34,37)/p+1/t20-,21?,22+,23+,42?/m0/s1. The lowest BCUT2D eigenvalue weighted by atomic mass is 10.1. The molecule has 1 aliphatic rings. The van der Waals surface area contributed by atoms with Crippen molar-refractivity contribution in [3.05, 3.63) is 48.9 Å². The van der Waals surface area contributed by atoms with Gasteiger partial charge in [-0.25, -0.2) is 14.5 Å². The van der Waals surface area contributed by atoms with E-state index in [1.807, 2.05) is 0 Å². The summed E-state index contributed by atoms with van der Waals surface area (Å²) in [6.45, 7) is 2.91. The maximum Gasteiger partial charge on any atom is 0.459 e. The number of rotatable bonds is 14. The lowest BCUT2D eigenvalue weighted by molar-refractivity contribution is -0.149. The molecule has 0 spiro atoms. The highest BCUT2D eigenvalue weighted by molar-refractivity contribution is 7.52. The minimum atomic E-state index is -4.35. The number of imidazole rings is 1. The van der Waals surface area contributed by atoms with Gasteiger partial charge in [0.25, 0.3) is 0 Å². The second kappa shape index (κ2) is 13.8. The summed E-state index contributed by atoms with van der Waals surface area (Å²) in [6.07, 6.45) is 0.592. The Morgan fingerprint density at radius 2 is 2.07 bits per heavy atom. The van der Waals surface area contributed by atoms with Crippen molar-refractivity contribution >= 4 is 42.6 Å². The molecule has 0 bridgehead atoms. The van der Waals surface area contributed by atoms with Crippen LogP contribution in [0.1, 0.15) is 39.3 Å². The van der Waals surface area contributed by atoms with Gasteiger partial charge in [0.05, 0.1) is 41.2 Å². The molecule has 5 N–H and O–H groups in total. The van der Waals surface area contributed by atoms with E-state index >= 15 is 0 Å². The van der Waals surface area contributed by atoms with Gasteiger partial charge in [-0.2, -0.15) is 5.09 Å². The number of benzene rings is 1. The van der Waals surface area contributed by atoms with Crippen molar-refractivity contribution in [2.24, 2.45) is 0 Å². The second-order valence-electron chi connectivity index (χ2n) is 9.78. The Balaban J connectivity index is 1.52. The molecule has 0 amide bonds. The molecule has 0 aliphatic carbocycles. The number of aliphatic hydroxyl groups is 1. The summed E-state index contributed by atoms with van der Waals surface area (Å²) >= 11 is 0. The molecule has 15 nitrogen and oxygen atoms in total. The van der Waals surface area contributed by atoms with Crippen LogP contribution < -0.4 is 15.3 Å². The van der Waals surface area contributed by atoms with Crippen LogP contribution in [0.3, 0.4) is 0 Å². The number of esters is 1. The van der Waals surface area contributed by atoms with Gasteiger partial charge in [-0.15, -0.1) is 0 Å². The van der Waals surface area contributed by atoms with E-state index < -0.39 is 50.1 Å². The molecule has 4 rings (SSSR count). The second-order valence-corrected chi connectivity index (χ2v) is 11.5. The van der Waals surface area contributed by atoms with Crippen LogP contribution in [0.2, 0.25) is 0 Å². The van der Waals surface area contributed by atoms with E-state index in [0.717, 1.165) is 6.21 Å². The molecule has 224 valence electrons. The van der Waals surface area contributed by atoms with Crippen LogP contribution in [-0.2, 0) is 28.2 Å². The van der Waals surface area contributed by atoms with Gasteiger partial charge in [-0.3, -0.25) is 18.7 Å². The molecule has 1 saturated heterocycles. The number of nitrogens with zero attached hydrogens (tertiary/aromatic N) is 4. The van der Waals surface area contributed by atoms with Gasteiger partial charge in [-0.1, -0.05) is 18.2 Å². The Bertz CT molecular complexity index is 1490. The largest absolute Gasteiger partial charge is 0.462 e. The Kier molecular flexibility index (Phi) is 10.2. The van der Waals surface area contributed by atoms with Crippen LogP contribution in [0.25, 0.3) is 11.2 Å². The first kappa shape index (κ1) is 31.0. The van der Waals surface area contributed by atoms with E-state index in [4.69, 9.17) is 29.8 Å². The van der Waals surface area contributed by atoms with Gasteiger partial charge in [-0.05, 0) is 38.5 Å². The first-order valence-electron chi connectivity index (χ1n) is 13.2. The molecule has 2 aromatic heterocycles. The highest BCUT2D eigenvalue weighted by Gasteiger charge is 2.40. The number of aliphatic hydroxyl groups excluding tert-OH is 1. The van der Waals surface area contributed by atoms with Gasteiger partial charge >= 0.3 is 19.9 Å². The van der Waals surface area contributed by atoms with E-state index in [9.17, 15) is 19.3 Å². The fraction of sp³-hybridized carbons (Fsp3) is 0.423. The normalized spacial score (nSPS) is 20.5. The summed E-state index contributed by atoms with van der Waals surface area (Å²) in [4.78, 5) is 36.4. The van der Waals surface area contributed by atoms with Gasteiger partial charge in [0.15, 0.2) is 5.65 Å². The summed E-state index contributed by atoms with van der Waals surface area (Å²) < 4.78 is 38.4. The van der Waals surface area contributed by atoms with Crippen LogP contribution in [-0.4, -0.2) is 73.4 Å². The lowest BCUT2D eigenvalue weighted by Gasteiger charge is -2.26. The molecule has 1 aromatic carbocycles. The van der Waals surface area contributed by atoms with Crippen molar-refractivity contribution in [3.63, 3.8) is 0 Å². The van der Waals surface area contributed by atoms with Gasteiger partial charge in [0, 0.05) is 19.0 Å². The van der Waals surface area contributed by atoms with E-state index in [1.165, 1.54) is 6.33 Å². The molecule has 16 heteroatoms. The highest BCUT2D eigenvalue weighted by Crippen LogP contribution is 2.46. The fourth-order valence-corrected chi connectivity index (χ4v) is 5.78. The molecule has 0 radical (unpaired) electrons. The summed E-state index contributed by atoms with van der Waals surface area (Å²) in [5, 5.41) is 13.4. The molecule has 3 aromatic rings. The Morgan fingerprint density at radius 1 is 1.31 bits per heavy atom. The number of hydrogen-bond acceptors (Lipinski definition) is 12. The summed E-state index contributed by atoms with van der Waals surface area (Å²) in [6, 6.07) is 8.50. The smallest absolute Gasteiger partial charge is 0.459 e. The number of ether oxygens (including phenoxy) is 2. The number of carbonyl (C=O) groups is 2. The average molecular weight is 603 g/mol. The van der Waals surface area contributed by atoms with Crippen molar-refractivity contribution in [2.75, 3.05) is 12.3 Å². The van der Waals surface area contributed by atoms with E-state index in [1.54, 1.807) is 61.0 Å². The topological polar surface area (TPSA) is 215 Å². The van der Waals surface area contributed by atoms with Crippen LogP contribution >= 0.6 is 7.75 Å². The SMILES string of the molecule is CC(C)OC(=O)[C@H](CCC(=O)C=[N+]=N)NP(=O)(OC[C@H]1O[C@@H](n2cnc3c(N)ccnc32)CC1O)Oc1ccccc1. The summed E-state index contributed by atoms with van der Waals surface area (Å²) in [5.74, 6) is -1.11. The number of para-hydroxylation sites is 1. The van der Waals surface area contributed by atoms with Gasteiger partial charge in [0.2, 0.25) is 5.78 Å². The third kappa shape index (κ3) is 7.85. The average Bonchev–Trinajstić information content (AvgIpc) is 3.54. The lowest BCUT2D eigenvalue weighted by Crippen LogP contribution is -2.40. The van der Waals surface area contributed by atoms with E-state index in [-0.39, 0.29) is 31.6 Å². The summed E-state index contributed by atoms with van der Waals surface area (Å²) in [5.41, 5.74) is 14.2. The number of ketones is 1. The number of nitrogen functional groups attached to an aromatic ring is 1.